The smallest absolute Gasteiger partial charge is 0.149 e. The van der Waals surface area contributed by atoms with Gasteiger partial charge in [0.2, 0.25) is 0 Å². The SMILES string of the molecule is CC#CCOc1ccc(F)cc1CNC(C)(C)C. The standard InChI is InChI=1S/C15H20FNO/c1-5-6-9-18-14-8-7-13(16)10-12(14)11-17-15(2,3)4/h7-8,10,17H,9,11H2,1-4H3. The van der Waals surface area contributed by atoms with Crippen LogP contribution in [0.15, 0.2) is 18.2 Å². The Kier molecular flexibility index (Phi) is 5.18. The minimum absolute atomic E-state index is 0.0210. The molecule has 1 N–H and O–H groups in total. The van der Waals surface area contributed by atoms with E-state index in [1.165, 1.54) is 12.1 Å². The van der Waals surface area contributed by atoms with Crippen LogP contribution in [0.4, 0.5) is 4.39 Å². The van der Waals surface area contributed by atoms with Gasteiger partial charge in [-0.25, -0.2) is 4.39 Å². The van der Waals surface area contributed by atoms with Crippen LogP contribution in [-0.4, -0.2) is 12.1 Å². The quantitative estimate of drug-likeness (QED) is 0.828. The number of hydrogen-bond donors (Lipinski definition) is 1. The molecular formula is C15H20FNO. The van der Waals surface area contributed by atoms with Crippen molar-refractivity contribution in [3.8, 4) is 17.6 Å². The van der Waals surface area contributed by atoms with Gasteiger partial charge >= 0.3 is 0 Å². The number of rotatable bonds is 4. The second-order valence-electron chi connectivity index (χ2n) is 5.07. The Labute approximate surface area is 109 Å². The zero-order valence-electron chi connectivity index (χ0n) is 11.4. The molecule has 18 heavy (non-hydrogen) atoms. The van der Waals surface area contributed by atoms with Gasteiger partial charge in [0.1, 0.15) is 18.2 Å². The van der Waals surface area contributed by atoms with E-state index in [1.54, 1.807) is 13.0 Å². The zero-order valence-corrected chi connectivity index (χ0v) is 11.4. The molecule has 0 saturated carbocycles. The van der Waals surface area contributed by atoms with Crippen LogP contribution in [0.5, 0.6) is 5.75 Å². The van der Waals surface area contributed by atoms with Gasteiger partial charge in [-0.15, -0.1) is 5.92 Å². The van der Waals surface area contributed by atoms with Crippen LogP contribution in [0.3, 0.4) is 0 Å². The summed E-state index contributed by atoms with van der Waals surface area (Å²) in [6.07, 6.45) is 0. The predicted molar refractivity (Wildman–Crippen MR) is 71.9 cm³/mol. The molecule has 3 heteroatoms. The van der Waals surface area contributed by atoms with Crippen LogP contribution in [0.1, 0.15) is 33.3 Å². The third-order valence-electron chi connectivity index (χ3n) is 2.31. The van der Waals surface area contributed by atoms with Gasteiger partial charge in [-0.05, 0) is 45.9 Å². The van der Waals surface area contributed by atoms with Crippen molar-refractivity contribution in [1.29, 1.82) is 0 Å². The van der Waals surface area contributed by atoms with Gasteiger partial charge in [-0.3, -0.25) is 0 Å². The Morgan fingerprint density at radius 3 is 2.67 bits per heavy atom. The molecule has 0 aliphatic rings. The van der Waals surface area contributed by atoms with Crippen molar-refractivity contribution in [2.45, 2.75) is 39.8 Å². The van der Waals surface area contributed by atoms with E-state index in [1.807, 2.05) is 0 Å². The lowest BCUT2D eigenvalue weighted by Gasteiger charge is -2.21. The van der Waals surface area contributed by atoms with Crippen LogP contribution in [0.2, 0.25) is 0 Å². The number of ether oxygens (including phenoxy) is 1. The molecule has 0 radical (unpaired) electrons. The normalized spacial score (nSPS) is 10.7. The highest BCUT2D eigenvalue weighted by molar-refractivity contribution is 5.34. The van der Waals surface area contributed by atoms with Crippen molar-refractivity contribution in [2.24, 2.45) is 0 Å². The molecule has 0 heterocycles. The van der Waals surface area contributed by atoms with E-state index in [2.05, 4.69) is 37.9 Å². The minimum atomic E-state index is -0.255. The van der Waals surface area contributed by atoms with Crippen molar-refractivity contribution >= 4 is 0 Å². The Balaban J connectivity index is 2.78. The Morgan fingerprint density at radius 1 is 1.33 bits per heavy atom. The summed E-state index contributed by atoms with van der Waals surface area (Å²) in [5, 5.41) is 3.31. The van der Waals surface area contributed by atoms with E-state index < -0.39 is 0 Å². The second kappa shape index (κ2) is 6.42. The topological polar surface area (TPSA) is 21.3 Å². The molecule has 2 nitrogen and oxygen atoms in total. The summed E-state index contributed by atoms with van der Waals surface area (Å²) in [7, 11) is 0. The van der Waals surface area contributed by atoms with Gasteiger partial charge in [-0.2, -0.15) is 0 Å². The maximum Gasteiger partial charge on any atom is 0.149 e. The summed E-state index contributed by atoms with van der Waals surface area (Å²) in [6.45, 7) is 8.84. The van der Waals surface area contributed by atoms with E-state index in [4.69, 9.17) is 4.74 Å². The molecule has 0 fully saturated rings. The number of hydrogen-bond acceptors (Lipinski definition) is 2. The molecule has 0 amide bonds. The van der Waals surface area contributed by atoms with Crippen LogP contribution >= 0.6 is 0 Å². The maximum atomic E-state index is 13.2. The predicted octanol–water partition coefficient (Wildman–Crippen LogP) is 3.12. The van der Waals surface area contributed by atoms with Crippen LogP contribution < -0.4 is 10.1 Å². The summed E-state index contributed by atoms with van der Waals surface area (Å²) < 4.78 is 18.8. The summed E-state index contributed by atoms with van der Waals surface area (Å²) in [4.78, 5) is 0. The largest absolute Gasteiger partial charge is 0.481 e. The molecule has 0 aromatic heterocycles. The van der Waals surface area contributed by atoms with Crippen molar-refractivity contribution in [3.05, 3.63) is 29.6 Å². The van der Waals surface area contributed by atoms with E-state index in [0.29, 0.717) is 18.9 Å². The molecule has 0 aliphatic carbocycles. The van der Waals surface area contributed by atoms with Gasteiger partial charge in [0.05, 0.1) is 0 Å². The number of benzene rings is 1. The van der Waals surface area contributed by atoms with Crippen LogP contribution in [0.25, 0.3) is 0 Å². The second-order valence-corrected chi connectivity index (χ2v) is 5.07. The Morgan fingerprint density at radius 2 is 2.06 bits per heavy atom. The number of halogens is 1. The lowest BCUT2D eigenvalue weighted by molar-refractivity contribution is 0.357. The van der Waals surface area contributed by atoms with Gasteiger partial charge in [0.15, 0.2) is 0 Å². The third kappa shape index (κ3) is 5.20. The van der Waals surface area contributed by atoms with Crippen molar-refractivity contribution in [3.63, 3.8) is 0 Å². The summed E-state index contributed by atoms with van der Waals surface area (Å²) >= 11 is 0. The first-order chi connectivity index (χ1) is 8.42. The molecule has 0 unspecified atom stereocenters. The fraction of sp³-hybridized carbons (Fsp3) is 0.467. The monoisotopic (exact) mass is 249 g/mol. The Bertz CT molecular complexity index is 452. The molecule has 0 atom stereocenters. The van der Waals surface area contributed by atoms with E-state index in [-0.39, 0.29) is 11.4 Å². The first kappa shape index (κ1) is 14.5. The van der Waals surface area contributed by atoms with Crippen molar-refractivity contribution in [2.75, 3.05) is 6.61 Å². The lowest BCUT2D eigenvalue weighted by Crippen LogP contribution is -2.35. The highest BCUT2D eigenvalue weighted by Gasteiger charge is 2.11. The van der Waals surface area contributed by atoms with E-state index >= 15 is 0 Å². The van der Waals surface area contributed by atoms with E-state index in [9.17, 15) is 4.39 Å². The number of nitrogens with one attached hydrogen (secondary N) is 1. The summed E-state index contributed by atoms with van der Waals surface area (Å²) in [5.74, 6) is 6.01. The highest BCUT2D eigenvalue weighted by atomic mass is 19.1. The molecule has 0 spiro atoms. The fourth-order valence-corrected chi connectivity index (χ4v) is 1.37. The van der Waals surface area contributed by atoms with Crippen molar-refractivity contribution < 1.29 is 9.13 Å². The third-order valence-corrected chi connectivity index (χ3v) is 2.31. The fourth-order valence-electron chi connectivity index (χ4n) is 1.37. The zero-order chi connectivity index (χ0) is 13.6. The molecule has 0 aliphatic heterocycles. The first-order valence-corrected chi connectivity index (χ1v) is 5.98. The van der Waals surface area contributed by atoms with E-state index in [0.717, 1.165) is 5.56 Å². The molecule has 1 aromatic rings. The molecule has 1 aromatic carbocycles. The highest BCUT2D eigenvalue weighted by Crippen LogP contribution is 2.20. The average molecular weight is 249 g/mol. The molecule has 98 valence electrons. The van der Waals surface area contributed by atoms with Gasteiger partial charge < -0.3 is 10.1 Å². The van der Waals surface area contributed by atoms with Gasteiger partial charge in [0, 0.05) is 17.6 Å². The van der Waals surface area contributed by atoms with Gasteiger partial charge in [0.25, 0.3) is 0 Å². The van der Waals surface area contributed by atoms with Gasteiger partial charge in [-0.1, -0.05) is 5.92 Å². The maximum absolute atomic E-state index is 13.2. The Hall–Kier alpha value is -1.53. The molecular weight excluding hydrogens is 229 g/mol. The van der Waals surface area contributed by atoms with Crippen LogP contribution in [-0.2, 0) is 6.54 Å². The first-order valence-electron chi connectivity index (χ1n) is 5.98. The van der Waals surface area contributed by atoms with Crippen molar-refractivity contribution in [1.82, 2.24) is 5.32 Å². The summed E-state index contributed by atoms with van der Waals surface area (Å²) in [5.41, 5.74) is 0.787. The van der Waals surface area contributed by atoms with Crippen LogP contribution in [0, 0.1) is 17.7 Å². The molecule has 0 saturated heterocycles. The minimum Gasteiger partial charge on any atom is -0.481 e. The lowest BCUT2D eigenvalue weighted by atomic mass is 10.1. The average Bonchev–Trinajstić information content (AvgIpc) is 2.28. The molecule has 0 bridgehead atoms. The molecule has 1 rings (SSSR count). The summed E-state index contributed by atoms with van der Waals surface area (Å²) in [6, 6.07) is 4.54.